The largest absolute Gasteiger partial charge is 0.507 e. The summed E-state index contributed by atoms with van der Waals surface area (Å²) in [6.07, 6.45) is 0.684. The molecule has 1 aromatic heterocycles. The van der Waals surface area contributed by atoms with Crippen molar-refractivity contribution in [1.82, 2.24) is 0 Å². The molecule has 1 saturated heterocycles. The van der Waals surface area contributed by atoms with Gasteiger partial charge in [-0.25, -0.2) is 4.79 Å². The first-order valence-corrected chi connectivity index (χ1v) is 9.80. The Morgan fingerprint density at radius 2 is 2.23 bits per heavy atom. The van der Waals surface area contributed by atoms with Crippen LogP contribution in [-0.4, -0.2) is 42.3 Å². The summed E-state index contributed by atoms with van der Waals surface area (Å²) in [5.74, 6) is 0.810. The quantitative estimate of drug-likeness (QED) is 0.611. The highest BCUT2D eigenvalue weighted by molar-refractivity contribution is 8.00. The van der Waals surface area contributed by atoms with Gasteiger partial charge in [0.05, 0.1) is 19.2 Å². The molecule has 0 bridgehead atoms. The van der Waals surface area contributed by atoms with Crippen LogP contribution in [0.3, 0.4) is 0 Å². The minimum atomic E-state index is -0.420. The van der Waals surface area contributed by atoms with Gasteiger partial charge in [-0.15, -0.1) is 11.8 Å². The number of methoxy groups -OCH3 is 1. The number of ether oxygens (including phenoxy) is 1. The van der Waals surface area contributed by atoms with Gasteiger partial charge in [0.25, 0.3) is 0 Å². The van der Waals surface area contributed by atoms with E-state index in [0.717, 1.165) is 33.7 Å². The standard InChI is InChI=1S/C19H23NO5S/c1-4-12-8-13-11(2)7-16(21)25-18(13)14(17(12)22)9-20-5-6-26-15(10-20)19(23)24-3/h7-8,15,22H,4-6,9-10H2,1-3H3/p+1/t15-/m0/s1. The first kappa shape index (κ1) is 18.8. The van der Waals surface area contributed by atoms with Crippen LogP contribution in [0.1, 0.15) is 23.6 Å². The van der Waals surface area contributed by atoms with Gasteiger partial charge in [-0.1, -0.05) is 6.92 Å². The Hall–Kier alpha value is -1.99. The van der Waals surface area contributed by atoms with Gasteiger partial charge in [-0.3, -0.25) is 4.79 Å². The molecule has 0 saturated carbocycles. The van der Waals surface area contributed by atoms with E-state index < -0.39 is 5.63 Å². The number of quaternary nitrogens is 1. The van der Waals surface area contributed by atoms with Crippen molar-refractivity contribution < 1.29 is 24.0 Å². The molecule has 140 valence electrons. The number of rotatable bonds is 4. The van der Waals surface area contributed by atoms with Gasteiger partial charge in [-0.2, -0.15) is 0 Å². The molecule has 1 aliphatic heterocycles. The SMILES string of the molecule is CCc1cc2c(C)cc(=O)oc2c(C[NH+]2CCS[C@H](C(=O)OC)C2)c1O. The average molecular weight is 378 g/mol. The Bertz CT molecular complexity index is 892. The Kier molecular flexibility index (Phi) is 5.58. The van der Waals surface area contributed by atoms with Crippen LogP contribution in [0.15, 0.2) is 21.3 Å². The van der Waals surface area contributed by atoms with E-state index in [9.17, 15) is 14.7 Å². The van der Waals surface area contributed by atoms with Crippen LogP contribution in [0.5, 0.6) is 5.75 Å². The van der Waals surface area contributed by atoms with E-state index >= 15 is 0 Å². The minimum Gasteiger partial charge on any atom is -0.507 e. The third kappa shape index (κ3) is 3.59. The van der Waals surface area contributed by atoms with Crippen LogP contribution in [0.4, 0.5) is 0 Å². The van der Waals surface area contributed by atoms with Gasteiger partial charge < -0.3 is 19.2 Å². The molecule has 0 aliphatic carbocycles. The molecule has 3 rings (SSSR count). The molecular formula is C19H24NO5S+. The molecule has 1 fully saturated rings. The van der Waals surface area contributed by atoms with Crippen molar-refractivity contribution in [3.05, 3.63) is 39.2 Å². The van der Waals surface area contributed by atoms with Crippen LogP contribution in [0, 0.1) is 6.92 Å². The summed E-state index contributed by atoms with van der Waals surface area (Å²) in [5.41, 5.74) is 2.34. The molecule has 1 aromatic carbocycles. The molecule has 1 aliphatic rings. The lowest BCUT2D eigenvalue weighted by molar-refractivity contribution is -0.911. The Morgan fingerprint density at radius 1 is 1.46 bits per heavy atom. The smallest absolute Gasteiger partial charge is 0.336 e. The zero-order valence-electron chi connectivity index (χ0n) is 15.3. The van der Waals surface area contributed by atoms with E-state index in [1.807, 2.05) is 19.9 Å². The number of esters is 1. The summed E-state index contributed by atoms with van der Waals surface area (Å²) in [6.45, 7) is 5.83. The number of thioether (sulfide) groups is 1. The highest BCUT2D eigenvalue weighted by atomic mass is 32.2. The first-order valence-electron chi connectivity index (χ1n) is 8.75. The Morgan fingerprint density at radius 3 is 2.92 bits per heavy atom. The van der Waals surface area contributed by atoms with E-state index in [-0.39, 0.29) is 17.0 Å². The maximum atomic E-state index is 11.9. The van der Waals surface area contributed by atoms with Crippen molar-refractivity contribution in [3.8, 4) is 5.75 Å². The van der Waals surface area contributed by atoms with Crippen LogP contribution in [-0.2, 0) is 22.5 Å². The number of carbonyl (C=O) groups excluding carboxylic acids is 1. The summed E-state index contributed by atoms with van der Waals surface area (Å²) < 4.78 is 10.3. The molecule has 2 heterocycles. The summed E-state index contributed by atoms with van der Waals surface area (Å²) in [6, 6.07) is 3.37. The normalized spacial score (nSPS) is 20.3. The monoisotopic (exact) mass is 378 g/mol. The number of phenolic OH excluding ortho intramolecular Hbond substituents is 1. The maximum absolute atomic E-state index is 11.9. The van der Waals surface area contributed by atoms with E-state index in [1.54, 1.807) is 11.8 Å². The molecule has 0 spiro atoms. The molecule has 7 heteroatoms. The number of nitrogens with one attached hydrogen (secondary N) is 1. The fourth-order valence-electron chi connectivity index (χ4n) is 3.46. The van der Waals surface area contributed by atoms with Gasteiger partial charge in [-0.05, 0) is 30.5 Å². The molecule has 1 unspecified atom stereocenters. The number of hydrogen-bond donors (Lipinski definition) is 2. The van der Waals surface area contributed by atoms with Crippen LogP contribution in [0.2, 0.25) is 0 Å². The fraction of sp³-hybridized carbons (Fsp3) is 0.474. The first-order chi connectivity index (χ1) is 12.4. The Balaban J connectivity index is 2.02. The number of phenols is 1. The van der Waals surface area contributed by atoms with E-state index in [2.05, 4.69) is 0 Å². The van der Waals surface area contributed by atoms with Crippen molar-refractivity contribution in [2.24, 2.45) is 0 Å². The van der Waals surface area contributed by atoms with Crippen molar-refractivity contribution in [2.45, 2.75) is 32.1 Å². The molecule has 2 atom stereocenters. The number of fused-ring (bicyclic) bond motifs is 1. The van der Waals surface area contributed by atoms with Crippen LogP contribution < -0.4 is 10.5 Å². The minimum absolute atomic E-state index is 0.189. The predicted octanol–water partition coefficient (Wildman–Crippen LogP) is 1.04. The third-order valence-corrected chi connectivity index (χ3v) is 6.11. The number of hydrogen-bond acceptors (Lipinski definition) is 6. The van der Waals surface area contributed by atoms with Crippen molar-refractivity contribution in [3.63, 3.8) is 0 Å². The molecule has 0 amide bonds. The lowest BCUT2D eigenvalue weighted by Gasteiger charge is -2.28. The highest BCUT2D eigenvalue weighted by Gasteiger charge is 2.31. The zero-order valence-corrected chi connectivity index (χ0v) is 16.1. The topological polar surface area (TPSA) is 81.2 Å². The molecule has 2 N–H and O–H groups in total. The molecular weight excluding hydrogens is 354 g/mol. The molecule has 26 heavy (non-hydrogen) atoms. The summed E-state index contributed by atoms with van der Waals surface area (Å²) >= 11 is 1.60. The van der Waals surface area contributed by atoms with E-state index in [4.69, 9.17) is 9.15 Å². The van der Waals surface area contributed by atoms with E-state index in [1.165, 1.54) is 13.2 Å². The summed E-state index contributed by atoms with van der Waals surface area (Å²) in [7, 11) is 1.40. The molecule has 0 radical (unpaired) electrons. The number of aromatic hydroxyl groups is 1. The average Bonchev–Trinajstić information content (AvgIpc) is 2.63. The molecule has 2 aromatic rings. The Labute approximate surface area is 156 Å². The predicted molar refractivity (Wildman–Crippen MR) is 101 cm³/mol. The van der Waals surface area contributed by atoms with Crippen molar-refractivity contribution >= 4 is 28.7 Å². The lowest BCUT2D eigenvalue weighted by Crippen LogP contribution is -3.13. The summed E-state index contributed by atoms with van der Waals surface area (Å²) in [4.78, 5) is 24.9. The van der Waals surface area contributed by atoms with E-state index in [0.29, 0.717) is 30.7 Å². The van der Waals surface area contributed by atoms with Crippen molar-refractivity contribution in [1.29, 1.82) is 0 Å². The second-order valence-corrected chi connectivity index (χ2v) is 7.92. The van der Waals surface area contributed by atoms with Gasteiger partial charge in [0, 0.05) is 17.2 Å². The second kappa shape index (κ2) is 7.72. The zero-order chi connectivity index (χ0) is 18.8. The number of carbonyl (C=O) groups is 1. The fourth-order valence-corrected chi connectivity index (χ4v) is 4.74. The van der Waals surface area contributed by atoms with Gasteiger partial charge in [0.2, 0.25) is 0 Å². The highest BCUT2D eigenvalue weighted by Crippen LogP contribution is 2.32. The summed E-state index contributed by atoms with van der Waals surface area (Å²) in [5, 5.41) is 11.4. The number of benzene rings is 1. The van der Waals surface area contributed by atoms with Crippen molar-refractivity contribution in [2.75, 3.05) is 26.0 Å². The second-order valence-electron chi connectivity index (χ2n) is 6.61. The molecule has 6 nitrogen and oxygen atoms in total. The number of aryl methyl sites for hydroxylation is 2. The van der Waals surface area contributed by atoms with Crippen LogP contribution in [0.25, 0.3) is 11.0 Å². The lowest BCUT2D eigenvalue weighted by atomic mass is 9.99. The van der Waals surface area contributed by atoms with Gasteiger partial charge in [0.1, 0.15) is 18.8 Å². The van der Waals surface area contributed by atoms with Gasteiger partial charge >= 0.3 is 11.6 Å². The maximum Gasteiger partial charge on any atom is 0.336 e. The third-order valence-electron chi connectivity index (χ3n) is 4.91. The van der Waals surface area contributed by atoms with Crippen LogP contribution >= 0.6 is 11.8 Å². The van der Waals surface area contributed by atoms with Gasteiger partial charge in [0.15, 0.2) is 10.8 Å².